The van der Waals surface area contributed by atoms with E-state index in [-0.39, 0.29) is 0 Å². The molecule has 1 heterocycles. The van der Waals surface area contributed by atoms with Crippen LogP contribution in [0, 0.1) is 0 Å². The van der Waals surface area contributed by atoms with Crippen molar-refractivity contribution in [1.82, 2.24) is 9.97 Å². The van der Waals surface area contributed by atoms with Crippen LogP contribution >= 0.6 is 0 Å². The molecule has 0 saturated carbocycles. The molecule has 0 aliphatic rings. The Morgan fingerprint density at radius 1 is 1.36 bits per heavy atom. The molecule has 9 heteroatoms. The highest BCUT2D eigenvalue weighted by atomic mass is 32.2. The number of rotatable bonds is 2. The summed E-state index contributed by atoms with van der Waals surface area (Å²) < 4.78 is 59.8. The van der Waals surface area contributed by atoms with E-state index in [0.717, 1.165) is 18.6 Å². The van der Waals surface area contributed by atoms with Gasteiger partial charge >= 0.3 is 15.6 Å². The lowest BCUT2D eigenvalue weighted by molar-refractivity contribution is -0.0501. The van der Waals surface area contributed by atoms with Gasteiger partial charge in [0.05, 0.1) is 0 Å². The van der Waals surface area contributed by atoms with Crippen molar-refractivity contribution in [1.29, 1.82) is 0 Å². The summed E-state index contributed by atoms with van der Waals surface area (Å²) in [5, 5.41) is 0. The molecule has 0 aromatic carbocycles. The zero-order valence-electron chi connectivity index (χ0n) is 6.39. The molecule has 1 aromatic heterocycles. The van der Waals surface area contributed by atoms with Crippen LogP contribution in [-0.2, 0) is 10.1 Å². The average Bonchev–Trinajstić information content (AvgIpc) is 2.03. The highest BCUT2D eigenvalue weighted by molar-refractivity contribution is 7.87. The third-order valence-corrected chi connectivity index (χ3v) is 1.99. The summed E-state index contributed by atoms with van der Waals surface area (Å²) in [6.45, 7) is 0. The van der Waals surface area contributed by atoms with E-state index in [0.29, 0.717) is 0 Å². The van der Waals surface area contributed by atoms with Gasteiger partial charge in [-0.25, -0.2) is 9.97 Å². The van der Waals surface area contributed by atoms with Crippen molar-refractivity contribution < 1.29 is 25.8 Å². The number of hydrogen-bond acceptors (Lipinski definition) is 5. The van der Waals surface area contributed by atoms with Crippen LogP contribution < -0.4 is 4.18 Å². The molecule has 0 aliphatic carbocycles. The number of nitrogens with zero attached hydrogens (tertiary/aromatic N) is 2. The molecular formula is C5H3F3N2O3S. The van der Waals surface area contributed by atoms with Gasteiger partial charge in [0.15, 0.2) is 0 Å². The minimum absolute atomic E-state index is 0.683. The quantitative estimate of drug-likeness (QED) is 0.550. The van der Waals surface area contributed by atoms with Gasteiger partial charge in [-0.3, -0.25) is 0 Å². The summed E-state index contributed by atoms with van der Waals surface area (Å²) >= 11 is 0. The van der Waals surface area contributed by atoms with Crippen molar-refractivity contribution >= 4 is 10.1 Å². The Bertz CT molecular complexity index is 402. The van der Waals surface area contributed by atoms with Crippen molar-refractivity contribution in [3.63, 3.8) is 0 Å². The van der Waals surface area contributed by atoms with Crippen LogP contribution in [0.4, 0.5) is 13.2 Å². The normalized spacial score (nSPS) is 12.5. The highest BCUT2D eigenvalue weighted by Crippen LogP contribution is 2.25. The highest BCUT2D eigenvalue weighted by Gasteiger charge is 2.48. The summed E-state index contributed by atoms with van der Waals surface area (Å²) in [4.78, 5) is 6.54. The fraction of sp³-hybridized carbons (Fsp3) is 0.200. The predicted molar refractivity (Wildman–Crippen MR) is 37.6 cm³/mol. The predicted octanol–water partition coefficient (Wildman–Crippen LogP) is 0.705. The second-order valence-electron chi connectivity index (χ2n) is 2.03. The van der Waals surface area contributed by atoms with Gasteiger partial charge in [-0.2, -0.15) is 21.6 Å². The molecule has 1 aromatic rings. The molecule has 0 aliphatic heterocycles. The molecule has 0 N–H and O–H groups in total. The van der Waals surface area contributed by atoms with Crippen LogP contribution in [0.2, 0.25) is 0 Å². The van der Waals surface area contributed by atoms with Gasteiger partial charge in [0, 0.05) is 12.3 Å². The number of alkyl halides is 3. The molecule has 0 fully saturated rings. The van der Waals surface area contributed by atoms with E-state index in [2.05, 4.69) is 14.2 Å². The summed E-state index contributed by atoms with van der Waals surface area (Å²) in [6, 6.07) is 0.892. The van der Waals surface area contributed by atoms with Crippen LogP contribution in [0.5, 0.6) is 5.88 Å². The van der Waals surface area contributed by atoms with Crippen molar-refractivity contribution in [2.24, 2.45) is 0 Å². The molecule has 0 saturated heterocycles. The zero-order valence-corrected chi connectivity index (χ0v) is 7.21. The lowest BCUT2D eigenvalue weighted by atomic mass is 10.6. The molecule has 78 valence electrons. The van der Waals surface area contributed by atoms with Crippen LogP contribution in [0.15, 0.2) is 18.6 Å². The van der Waals surface area contributed by atoms with Gasteiger partial charge in [-0.15, -0.1) is 0 Å². The summed E-state index contributed by atoms with van der Waals surface area (Å²) in [7, 11) is -5.64. The van der Waals surface area contributed by atoms with E-state index in [9.17, 15) is 21.6 Å². The molecule has 5 nitrogen and oxygen atoms in total. The third-order valence-electron chi connectivity index (χ3n) is 1.03. The lowest BCUT2D eigenvalue weighted by Crippen LogP contribution is -2.28. The van der Waals surface area contributed by atoms with Crippen molar-refractivity contribution in [3.8, 4) is 5.88 Å². The van der Waals surface area contributed by atoms with Gasteiger partial charge in [0.1, 0.15) is 6.33 Å². The van der Waals surface area contributed by atoms with Crippen LogP contribution in [0.1, 0.15) is 0 Å². The van der Waals surface area contributed by atoms with Gasteiger partial charge in [-0.05, 0) is 0 Å². The van der Waals surface area contributed by atoms with E-state index in [4.69, 9.17) is 0 Å². The molecule has 1 rings (SSSR count). The monoisotopic (exact) mass is 228 g/mol. The van der Waals surface area contributed by atoms with Gasteiger partial charge < -0.3 is 4.18 Å². The lowest BCUT2D eigenvalue weighted by Gasteiger charge is -2.07. The topological polar surface area (TPSA) is 69.2 Å². The molecule has 0 unspecified atom stereocenters. The Hall–Kier alpha value is -1.38. The number of hydrogen-bond donors (Lipinski definition) is 0. The largest absolute Gasteiger partial charge is 0.534 e. The Labute approximate surface area is 76.7 Å². The van der Waals surface area contributed by atoms with Gasteiger partial charge in [0.25, 0.3) is 0 Å². The van der Waals surface area contributed by atoms with Crippen molar-refractivity contribution in [2.75, 3.05) is 0 Å². The second kappa shape index (κ2) is 3.40. The Kier molecular flexibility index (Phi) is 2.60. The summed E-state index contributed by atoms with van der Waals surface area (Å²) in [5.74, 6) is -0.683. The Morgan fingerprint density at radius 2 is 2.00 bits per heavy atom. The molecule has 0 bridgehead atoms. The van der Waals surface area contributed by atoms with Crippen molar-refractivity contribution in [2.45, 2.75) is 5.51 Å². The zero-order chi connectivity index (χ0) is 10.8. The molecule has 0 spiro atoms. The van der Waals surface area contributed by atoms with Gasteiger partial charge in [0.2, 0.25) is 5.88 Å². The molecule has 0 amide bonds. The number of halogens is 3. The van der Waals surface area contributed by atoms with Crippen LogP contribution in [-0.4, -0.2) is 23.9 Å². The minimum Gasteiger partial charge on any atom is -0.355 e. The van der Waals surface area contributed by atoms with E-state index >= 15 is 0 Å². The minimum atomic E-state index is -5.64. The maximum atomic E-state index is 11.8. The summed E-state index contributed by atoms with van der Waals surface area (Å²) in [6.07, 6.45) is 1.91. The first-order chi connectivity index (χ1) is 6.33. The molecule has 0 radical (unpaired) electrons. The maximum Gasteiger partial charge on any atom is 0.534 e. The summed E-state index contributed by atoms with van der Waals surface area (Å²) in [5.41, 5.74) is -5.46. The van der Waals surface area contributed by atoms with Crippen molar-refractivity contribution in [3.05, 3.63) is 18.6 Å². The number of aromatic nitrogens is 2. The first-order valence-electron chi connectivity index (χ1n) is 3.10. The molecular weight excluding hydrogens is 225 g/mol. The second-order valence-corrected chi connectivity index (χ2v) is 3.57. The smallest absolute Gasteiger partial charge is 0.355 e. The van der Waals surface area contributed by atoms with E-state index in [1.54, 1.807) is 0 Å². The van der Waals surface area contributed by atoms with Crippen LogP contribution in [0.3, 0.4) is 0 Å². The maximum absolute atomic E-state index is 11.8. The molecule has 14 heavy (non-hydrogen) atoms. The Morgan fingerprint density at radius 3 is 2.43 bits per heavy atom. The fourth-order valence-electron chi connectivity index (χ4n) is 0.487. The third kappa shape index (κ3) is 2.31. The van der Waals surface area contributed by atoms with E-state index < -0.39 is 21.5 Å². The standard InChI is InChI=1S/C5H3F3N2O3S/c6-5(7,8)14(11,12)13-4-1-2-9-3-10-4/h1-3H. The van der Waals surface area contributed by atoms with Crippen LogP contribution in [0.25, 0.3) is 0 Å². The first-order valence-corrected chi connectivity index (χ1v) is 4.50. The Balaban J connectivity index is 2.91. The average molecular weight is 228 g/mol. The van der Waals surface area contributed by atoms with E-state index in [1.807, 2.05) is 0 Å². The SMILES string of the molecule is O=S(=O)(Oc1ccncn1)C(F)(F)F. The first kappa shape index (κ1) is 10.7. The van der Waals surface area contributed by atoms with E-state index in [1.165, 1.54) is 0 Å². The molecule has 0 atom stereocenters. The van der Waals surface area contributed by atoms with Gasteiger partial charge in [-0.1, -0.05) is 0 Å². The fourth-order valence-corrected chi connectivity index (χ4v) is 0.905.